The molecule has 0 spiro atoms. The van der Waals surface area contributed by atoms with Gasteiger partial charge in [-0.2, -0.15) is 0 Å². The SMILES string of the molecule is CCCCOC(=O)[C@@]1(C)CSC(c2ccc(OCCOCCC)cc2O)=N1. The minimum Gasteiger partial charge on any atom is -0.507 e. The smallest absolute Gasteiger partial charge is 0.334 e. The van der Waals surface area contributed by atoms with Crippen LogP contribution >= 0.6 is 11.8 Å². The van der Waals surface area contributed by atoms with Crippen molar-refractivity contribution < 1.29 is 24.1 Å². The summed E-state index contributed by atoms with van der Waals surface area (Å²) in [5.74, 6) is 0.836. The second-order valence-electron chi connectivity index (χ2n) is 6.61. The van der Waals surface area contributed by atoms with Crippen LogP contribution in [0.4, 0.5) is 0 Å². The monoisotopic (exact) mass is 395 g/mol. The molecular formula is C20H29NO5S. The van der Waals surface area contributed by atoms with Gasteiger partial charge in [0.2, 0.25) is 0 Å². The summed E-state index contributed by atoms with van der Waals surface area (Å²) in [5.41, 5.74) is -0.314. The summed E-state index contributed by atoms with van der Waals surface area (Å²) in [7, 11) is 0. The molecule has 150 valence electrons. The van der Waals surface area contributed by atoms with Crippen molar-refractivity contribution in [1.29, 1.82) is 0 Å². The number of rotatable bonds is 11. The number of aromatic hydroxyl groups is 1. The Hall–Kier alpha value is -1.73. The molecule has 0 fully saturated rings. The molecule has 0 aliphatic carbocycles. The van der Waals surface area contributed by atoms with Crippen LogP contribution in [0.2, 0.25) is 0 Å². The van der Waals surface area contributed by atoms with Gasteiger partial charge in [-0.25, -0.2) is 4.79 Å². The molecule has 0 amide bonds. The predicted molar refractivity (Wildman–Crippen MR) is 108 cm³/mol. The fourth-order valence-corrected chi connectivity index (χ4v) is 3.65. The van der Waals surface area contributed by atoms with Gasteiger partial charge < -0.3 is 19.3 Å². The maximum absolute atomic E-state index is 12.3. The molecule has 0 aromatic heterocycles. The molecule has 0 radical (unpaired) electrons. The van der Waals surface area contributed by atoms with Crippen LogP contribution in [-0.2, 0) is 14.3 Å². The highest BCUT2D eigenvalue weighted by Gasteiger charge is 2.40. The predicted octanol–water partition coefficient (Wildman–Crippen LogP) is 3.79. The Morgan fingerprint density at radius 3 is 2.74 bits per heavy atom. The van der Waals surface area contributed by atoms with Crippen LogP contribution in [0.3, 0.4) is 0 Å². The minimum atomic E-state index is -0.911. The molecule has 0 unspecified atom stereocenters. The first-order chi connectivity index (χ1) is 13.0. The second-order valence-corrected chi connectivity index (χ2v) is 7.57. The third-order valence-corrected chi connectivity index (χ3v) is 5.34. The summed E-state index contributed by atoms with van der Waals surface area (Å²) in [6.45, 7) is 7.94. The van der Waals surface area contributed by atoms with Crippen LogP contribution in [0.25, 0.3) is 0 Å². The molecule has 0 saturated carbocycles. The molecule has 1 aromatic carbocycles. The second kappa shape index (κ2) is 10.6. The number of carbonyl (C=O) groups excluding carboxylic acids is 1. The Labute approximate surface area is 165 Å². The van der Waals surface area contributed by atoms with E-state index in [2.05, 4.69) is 11.9 Å². The Balaban J connectivity index is 1.98. The number of phenols is 1. The molecular weight excluding hydrogens is 366 g/mol. The number of phenolic OH excluding ortho intramolecular Hbond substituents is 1. The van der Waals surface area contributed by atoms with E-state index in [0.29, 0.717) is 48.5 Å². The number of benzene rings is 1. The number of aliphatic imine (C=N–C) groups is 1. The average molecular weight is 396 g/mol. The Bertz CT molecular complexity index is 664. The van der Waals surface area contributed by atoms with Crippen LogP contribution in [0.1, 0.15) is 45.6 Å². The summed E-state index contributed by atoms with van der Waals surface area (Å²) < 4.78 is 16.3. The molecule has 1 N–H and O–H groups in total. The quantitative estimate of drug-likeness (QED) is 0.454. The van der Waals surface area contributed by atoms with Crippen molar-refractivity contribution in [3.63, 3.8) is 0 Å². The fourth-order valence-electron chi connectivity index (χ4n) is 2.45. The minimum absolute atomic E-state index is 0.0804. The van der Waals surface area contributed by atoms with Crippen molar-refractivity contribution in [3.8, 4) is 11.5 Å². The Morgan fingerprint density at radius 1 is 1.22 bits per heavy atom. The van der Waals surface area contributed by atoms with Gasteiger partial charge in [0.15, 0.2) is 5.54 Å². The lowest BCUT2D eigenvalue weighted by molar-refractivity contribution is -0.148. The highest BCUT2D eigenvalue weighted by atomic mass is 32.2. The lowest BCUT2D eigenvalue weighted by atomic mass is 10.1. The van der Waals surface area contributed by atoms with Gasteiger partial charge in [-0.1, -0.05) is 20.3 Å². The van der Waals surface area contributed by atoms with Crippen LogP contribution in [-0.4, -0.2) is 53.8 Å². The van der Waals surface area contributed by atoms with Crippen molar-refractivity contribution in [2.24, 2.45) is 4.99 Å². The summed E-state index contributed by atoms with van der Waals surface area (Å²) in [6, 6.07) is 5.11. The van der Waals surface area contributed by atoms with E-state index >= 15 is 0 Å². The number of hydrogen-bond donors (Lipinski definition) is 1. The number of esters is 1. The van der Waals surface area contributed by atoms with Crippen molar-refractivity contribution in [1.82, 2.24) is 0 Å². The topological polar surface area (TPSA) is 77.4 Å². The number of unbranched alkanes of at least 4 members (excludes halogenated alkanes) is 1. The van der Waals surface area contributed by atoms with Gasteiger partial charge in [-0.15, -0.1) is 11.8 Å². The average Bonchev–Trinajstić information content (AvgIpc) is 3.05. The molecule has 6 nitrogen and oxygen atoms in total. The standard InChI is InChI=1S/C20H29NO5S/c1-4-6-10-26-19(23)20(3)14-27-18(21-20)16-8-7-15(13-17(16)22)25-12-11-24-9-5-2/h7-8,13,22H,4-6,9-12,14H2,1-3H3/t20-/m1/s1. The zero-order valence-electron chi connectivity index (χ0n) is 16.3. The van der Waals surface area contributed by atoms with Gasteiger partial charge in [-0.3, -0.25) is 4.99 Å². The lowest BCUT2D eigenvalue weighted by Crippen LogP contribution is -2.35. The van der Waals surface area contributed by atoms with E-state index in [1.807, 2.05) is 6.92 Å². The van der Waals surface area contributed by atoms with E-state index in [9.17, 15) is 9.90 Å². The molecule has 1 aromatic rings. The van der Waals surface area contributed by atoms with Gasteiger partial charge in [-0.05, 0) is 31.9 Å². The lowest BCUT2D eigenvalue weighted by Gasteiger charge is -2.17. The number of ether oxygens (including phenoxy) is 3. The van der Waals surface area contributed by atoms with Crippen molar-refractivity contribution in [3.05, 3.63) is 23.8 Å². The van der Waals surface area contributed by atoms with Crippen LogP contribution in [0.5, 0.6) is 11.5 Å². The van der Waals surface area contributed by atoms with Crippen LogP contribution in [0, 0.1) is 0 Å². The maximum atomic E-state index is 12.3. The molecule has 2 rings (SSSR count). The van der Waals surface area contributed by atoms with Crippen molar-refractivity contribution in [2.75, 3.05) is 32.2 Å². The van der Waals surface area contributed by atoms with Gasteiger partial charge in [0.1, 0.15) is 23.1 Å². The molecule has 1 aliphatic heterocycles. The maximum Gasteiger partial charge on any atom is 0.334 e. The summed E-state index contributed by atoms with van der Waals surface area (Å²) in [4.78, 5) is 16.9. The van der Waals surface area contributed by atoms with E-state index in [0.717, 1.165) is 19.3 Å². The fraction of sp³-hybridized carbons (Fsp3) is 0.600. The first-order valence-corrected chi connectivity index (χ1v) is 10.4. The molecule has 7 heteroatoms. The number of nitrogens with zero attached hydrogens (tertiary/aromatic N) is 1. The number of hydrogen-bond acceptors (Lipinski definition) is 7. The van der Waals surface area contributed by atoms with Crippen molar-refractivity contribution in [2.45, 2.75) is 45.6 Å². The van der Waals surface area contributed by atoms with Crippen LogP contribution < -0.4 is 4.74 Å². The highest BCUT2D eigenvalue weighted by molar-refractivity contribution is 8.14. The normalized spacial score (nSPS) is 19.0. The summed E-state index contributed by atoms with van der Waals surface area (Å²) >= 11 is 1.45. The molecule has 0 bridgehead atoms. The van der Waals surface area contributed by atoms with Gasteiger partial charge in [0.05, 0.1) is 13.2 Å². The van der Waals surface area contributed by atoms with Gasteiger partial charge in [0, 0.05) is 24.0 Å². The molecule has 0 saturated heterocycles. The first-order valence-electron chi connectivity index (χ1n) is 9.44. The highest BCUT2D eigenvalue weighted by Crippen LogP contribution is 2.36. The molecule has 1 aliphatic rings. The van der Waals surface area contributed by atoms with E-state index in [1.54, 1.807) is 25.1 Å². The zero-order valence-corrected chi connectivity index (χ0v) is 17.1. The third kappa shape index (κ3) is 6.14. The molecule has 1 atom stereocenters. The third-order valence-electron chi connectivity index (χ3n) is 4.05. The largest absolute Gasteiger partial charge is 0.507 e. The summed E-state index contributed by atoms with van der Waals surface area (Å²) in [5, 5.41) is 11.0. The number of thioether (sulfide) groups is 1. The summed E-state index contributed by atoms with van der Waals surface area (Å²) in [6.07, 6.45) is 2.79. The molecule has 1 heterocycles. The van der Waals surface area contributed by atoms with E-state index in [-0.39, 0.29) is 11.7 Å². The van der Waals surface area contributed by atoms with E-state index in [1.165, 1.54) is 11.8 Å². The zero-order chi connectivity index (χ0) is 19.7. The number of carbonyl (C=O) groups is 1. The van der Waals surface area contributed by atoms with Crippen molar-refractivity contribution >= 4 is 22.8 Å². The van der Waals surface area contributed by atoms with Gasteiger partial charge >= 0.3 is 5.97 Å². The Kier molecular flexibility index (Phi) is 8.44. The van der Waals surface area contributed by atoms with Crippen LogP contribution in [0.15, 0.2) is 23.2 Å². The van der Waals surface area contributed by atoms with Gasteiger partial charge in [0.25, 0.3) is 0 Å². The van der Waals surface area contributed by atoms with E-state index in [4.69, 9.17) is 14.2 Å². The first kappa shape index (κ1) is 21.6. The molecule has 27 heavy (non-hydrogen) atoms. The Morgan fingerprint density at radius 2 is 2.04 bits per heavy atom. The van der Waals surface area contributed by atoms with E-state index < -0.39 is 5.54 Å².